The van der Waals surface area contributed by atoms with Crippen molar-refractivity contribution in [3.05, 3.63) is 71.0 Å². The second kappa shape index (κ2) is 12.4. The van der Waals surface area contributed by atoms with E-state index in [4.69, 9.17) is 4.74 Å². The van der Waals surface area contributed by atoms with Crippen LogP contribution in [-0.2, 0) is 16.0 Å². The number of rotatable bonds is 10. The Hall–Kier alpha value is -3.68. The maximum Gasteiger partial charge on any atom is 0.475 e. The van der Waals surface area contributed by atoms with E-state index in [1.807, 2.05) is 6.07 Å². The number of carbonyl (C=O) groups excluding carboxylic acids is 2. The van der Waals surface area contributed by atoms with Crippen molar-refractivity contribution in [2.24, 2.45) is 0 Å². The predicted molar refractivity (Wildman–Crippen MR) is 121 cm³/mol. The Balaban J connectivity index is 1.98. The number of hydrogen-bond donors (Lipinski definition) is 3. The molecule has 10 heteroatoms. The highest BCUT2D eigenvalue weighted by molar-refractivity contribution is 6.43. The summed E-state index contributed by atoms with van der Waals surface area (Å²) < 4.78 is 20.1. The van der Waals surface area contributed by atoms with Gasteiger partial charge in [0.25, 0.3) is 5.91 Å². The average molecular weight is 453 g/mol. The average Bonchev–Trinajstić information content (AvgIpc) is 2.79. The highest BCUT2D eigenvalue weighted by Crippen LogP contribution is 2.23. The van der Waals surface area contributed by atoms with Crippen LogP contribution in [0.25, 0.3) is 6.08 Å². The second-order valence-electron chi connectivity index (χ2n) is 7.40. The van der Waals surface area contributed by atoms with Crippen molar-refractivity contribution in [2.45, 2.75) is 18.8 Å². The van der Waals surface area contributed by atoms with Crippen molar-refractivity contribution in [3.8, 4) is 11.8 Å². The molecule has 33 heavy (non-hydrogen) atoms. The van der Waals surface area contributed by atoms with Gasteiger partial charge in [-0.25, -0.2) is 4.39 Å². The van der Waals surface area contributed by atoms with E-state index in [2.05, 4.69) is 5.32 Å². The molecule has 3 N–H and O–H groups in total. The summed E-state index contributed by atoms with van der Waals surface area (Å²) in [6.07, 6.45) is 1.20. The first-order valence-corrected chi connectivity index (χ1v) is 10.2. The lowest BCUT2D eigenvalue weighted by atomic mass is 9.76. The summed E-state index contributed by atoms with van der Waals surface area (Å²) in [5.41, 5.74) is 0.584. The van der Waals surface area contributed by atoms with Crippen molar-refractivity contribution in [1.29, 1.82) is 5.26 Å². The van der Waals surface area contributed by atoms with Crippen molar-refractivity contribution < 1.29 is 28.8 Å². The number of amides is 2. The minimum Gasteiger partial charge on any atom is -0.490 e. The van der Waals surface area contributed by atoms with Crippen LogP contribution in [0.4, 0.5) is 4.39 Å². The molecule has 8 nitrogen and oxygen atoms in total. The zero-order chi connectivity index (χ0) is 24.4. The molecule has 0 saturated carbocycles. The van der Waals surface area contributed by atoms with Crippen molar-refractivity contribution in [3.63, 3.8) is 0 Å². The normalized spacial score (nSPS) is 11.8. The summed E-state index contributed by atoms with van der Waals surface area (Å²) in [6, 6.07) is 15.1. The first-order valence-electron chi connectivity index (χ1n) is 10.2. The fraction of sp³-hybridized carbons (Fsp3) is 0.261. The largest absolute Gasteiger partial charge is 0.490 e. The van der Waals surface area contributed by atoms with Gasteiger partial charge >= 0.3 is 7.12 Å². The van der Waals surface area contributed by atoms with E-state index in [9.17, 15) is 29.3 Å². The number of hydrogen-bond acceptors (Lipinski definition) is 6. The molecule has 2 amide bonds. The maximum absolute atomic E-state index is 14.7. The van der Waals surface area contributed by atoms with Crippen LogP contribution in [0.2, 0.25) is 0 Å². The molecule has 0 bridgehead atoms. The molecule has 0 aromatic heterocycles. The Kier molecular flexibility index (Phi) is 9.60. The van der Waals surface area contributed by atoms with E-state index in [0.29, 0.717) is 0 Å². The van der Waals surface area contributed by atoms with Crippen LogP contribution in [0, 0.1) is 17.1 Å². The Bertz CT molecular complexity index is 1040. The minimum absolute atomic E-state index is 0.00460. The number of ether oxygens (including phenoxy) is 1. The van der Waals surface area contributed by atoms with E-state index in [0.717, 1.165) is 11.6 Å². The smallest absolute Gasteiger partial charge is 0.475 e. The fourth-order valence-electron chi connectivity index (χ4n) is 2.92. The second-order valence-corrected chi connectivity index (χ2v) is 7.40. The highest BCUT2D eigenvalue weighted by Gasteiger charge is 2.25. The first-order chi connectivity index (χ1) is 15.7. The van der Waals surface area contributed by atoms with Gasteiger partial charge in [-0.05, 0) is 24.1 Å². The van der Waals surface area contributed by atoms with Crippen molar-refractivity contribution in [2.75, 3.05) is 20.7 Å². The van der Waals surface area contributed by atoms with Gasteiger partial charge in [-0.15, -0.1) is 0 Å². The molecule has 1 atom stereocenters. The van der Waals surface area contributed by atoms with Gasteiger partial charge in [0.2, 0.25) is 5.91 Å². The molecular formula is C23H25BFN3O5. The van der Waals surface area contributed by atoms with Gasteiger partial charge in [-0.2, -0.15) is 5.26 Å². The number of nitrogens with zero attached hydrogens (tertiary/aromatic N) is 2. The number of halogens is 1. The van der Waals surface area contributed by atoms with Gasteiger partial charge in [0.15, 0.2) is 11.6 Å². The summed E-state index contributed by atoms with van der Waals surface area (Å²) in [7, 11) is 1.21. The predicted octanol–water partition coefficient (Wildman–Crippen LogP) is 1.33. The first kappa shape index (κ1) is 25.6. The van der Waals surface area contributed by atoms with E-state index in [1.54, 1.807) is 30.3 Å². The maximum atomic E-state index is 14.7. The van der Waals surface area contributed by atoms with Crippen LogP contribution in [0.5, 0.6) is 5.75 Å². The van der Waals surface area contributed by atoms with Gasteiger partial charge in [0, 0.05) is 19.7 Å². The molecule has 172 valence electrons. The Labute approximate surface area is 192 Å². The van der Waals surface area contributed by atoms with E-state index < -0.39 is 30.7 Å². The third-order valence-corrected chi connectivity index (χ3v) is 4.64. The van der Waals surface area contributed by atoms with Crippen molar-refractivity contribution in [1.82, 2.24) is 10.2 Å². The Morgan fingerprint density at radius 3 is 2.52 bits per heavy atom. The Morgan fingerprint density at radius 1 is 1.21 bits per heavy atom. The molecule has 0 aliphatic heterocycles. The fourth-order valence-corrected chi connectivity index (χ4v) is 2.92. The SMILES string of the molecule is CN(C)C(=O)C(C#N)=Cc1cccc(OCCC(=O)N[C@@H](Cc2ccccc2)B(O)O)c1F. The molecule has 0 spiro atoms. The molecule has 2 rings (SSSR count). The van der Waals surface area contributed by atoms with Crippen LogP contribution >= 0.6 is 0 Å². The summed E-state index contributed by atoms with van der Waals surface area (Å²) in [4.78, 5) is 25.4. The molecule has 0 unspecified atom stereocenters. The number of carbonyl (C=O) groups is 2. The minimum atomic E-state index is -1.75. The van der Waals surface area contributed by atoms with Crippen molar-refractivity contribution >= 4 is 25.0 Å². The third-order valence-electron chi connectivity index (χ3n) is 4.64. The van der Waals surface area contributed by atoms with Gasteiger partial charge < -0.3 is 25.0 Å². The lowest BCUT2D eigenvalue weighted by Crippen LogP contribution is -2.48. The quantitative estimate of drug-likeness (QED) is 0.284. The van der Waals surface area contributed by atoms with Gasteiger partial charge in [0.1, 0.15) is 11.6 Å². The van der Waals surface area contributed by atoms with E-state index in [-0.39, 0.29) is 36.3 Å². The van der Waals surface area contributed by atoms with Crippen LogP contribution < -0.4 is 10.1 Å². The van der Waals surface area contributed by atoms with Gasteiger partial charge in [0.05, 0.1) is 19.0 Å². The number of likely N-dealkylation sites (N-methyl/N-ethyl adjacent to an activating group) is 1. The molecule has 0 saturated heterocycles. The number of nitriles is 1. The van der Waals surface area contributed by atoms with Crippen LogP contribution in [0.3, 0.4) is 0 Å². The monoisotopic (exact) mass is 453 g/mol. The molecule has 0 radical (unpaired) electrons. The van der Waals surface area contributed by atoms with Crippen LogP contribution in [0.15, 0.2) is 54.1 Å². The zero-order valence-electron chi connectivity index (χ0n) is 18.4. The lowest BCUT2D eigenvalue weighted by Gasteiger charge is -2.18. The summed E-state index contributed by atoms with van der Waals surface area (Å²) in [5.74, 6) is -2.89. The number of benzene rings is 2. The van der Waals surface area contributed by atoms with Crippen LogP contribution in [0.1, 0.15) is 17.5 Å². The van der Waals surface area contributed by atoms with Gasteiger partial charge in [-0.3, -0.25) is 9.59 Å². The Morgan fingerprint density at radius 2 is 1.91 bits per heavy atom. The highest BCUT2D eigenvalue weighted by atomic mass is 19.1. The molecule has 2 aromatic carbocycles. The third kappa shape index (κ3) is 7.75. The van der Waals surface area contributed by atoms with E-state index in [1.165, 1.54) is 37.2 Å². The topological polar surface area (TPSA) is 123 Å². The van der Waals surface area contributed by atoms with Crippen LogP contribution in [-0.4, -0.2) is 60.5 Å². The molecule has 0 aliphatic rings. The molecule has 0 aliphatic carbocycles. The number of nitrogens with one attached hydrogen (secondary N) is 1. The summed E-state index contributed by atoms with van der Waals surface area (Å²) in [5, 5.41) is 30.8. The standard InChI is InChI=1S/C23H25BFN3O5/c1-28(2)23(30)18(15-26)14-17-9-6-10-19(22(17)25)33-12-11-21(29)27-20(24(31)32)13-16-7-4-3-5-8-16/h3-10,14,20,31-32H,11-13H2,1-2H3,(H,27,29)/t20-/m0/s1. The van der Waals surface area contributed by atoms with Gasteiger partial charge in [-0.1, -0.05) is 42.5 Å². The molecule has 2 aromatic rings. The lowest BCUT2D eigenvalue weighted by molar-refractivity contribution is -0.124. The molecule has 0 heterocycles. The zero-order valence-corrected chi connectivity index (χ0v) is 18.4. The van der Waals surface area contributed by atoms with E-state index >= 15 is 0 Å². The summed E-state index contributed by atoms with van der Waals surface area (Å²) >= 11 is 0. The molecular weight excluding hydrogens is 428 g/mol. The molecule has 0 fully saturated rings. The summed E-state index contributed by atoms with van der Waals surface area (Å²) in [6.45, 7) is -0.169.